The van der Waals surface area contributed by atoms with Crippen LogP contribution in [0.4, 0.5) is 5.69 Å². The van der Waals surface area contributed by atoms with Gasteiger partial charge < -0.3 is 24.3 Å². The fraction of sp³-hybridized carbons (Fsp3) is 0.500. The molecule has 3 amide bonds. The van der Waals surface area contributed by atoms with Gasteiger partial charge in [-0.1, -0.05) is 43.7 Å². The van der Waals surface area contributed by atoms with E-state index in [1.807, 2.05) is 47.4 Å². The Labute approximate surface area is 225 Å². The van der Waals surface area contributed by atoms with Gasteiger partial charge >= 0.3 is 0 Å². The topological polar surface area (TPSA) is 73.4 Å². The second kappa shape index (κ2) is 11.6. The fourth-order valence-electron chi connectivity index (χ4n) is 5.86. The number of morpholine rings is 1. The number of hydrogen-bond acceptors (Lipinski definition) is 5. The van der Waals surface area contributed by atoms with E-state index in [1.165, 1.54) is 5.56 Å². The van der Waals surface area contributed by atoms with Gasteiger partial charge in [0.2, 0.25) is 5.91 Å². The molecule has 38 heavy (non-hydrogen) atoms. The Morgan fingerprint density at radius 3 is 2.24 bits per heavy atom. The molecule has 0 bridgehead atoms. The molecule has 3 saturated heterocycles. The van der Waals surface area contributed by atoms with Gasteiger partial charge in [0, 0.05) is 37.4 Å². The number of carbonyl (C=O) groups is 3. The maximum absolute atomic E-state index is 13.9. The van der Waals surface area contributed by atoms with E-state index in [-0.39, 0.29) is 24.3 Å². The maximum atomic E-state index is 13.9. The van der Waals surface area contributed by atoms with Crippen LogP contribution in [-0.2, 0) is 20.7 Å². The normalized spacial score (nSPS) is 19.3. The van der Waals surface area contributed by atoms with Crippen molar-refractivity contribution in [3.8, 4) is 0 Å². The number of para-hydroxylation sites is 1. The zero-order chi connectivity index (χ0) is 26.5. The van der Waals surface area contributed by atoms with Gasteiger partial charge in [0.05, 0.1) is 19.9 Å². The lowest BCUT2D eigenvalue weighted by Crippen LogP contribution is -2.57. The number of aryl methyl sites for hydroxylation is 1. The lowest BCUT2D eigenvalue weighted by Gasteiger charge is -2.43. The summed E-state index contributed by atoms with van der Waals surface area (Å²) in [7, 11) is 0. The fourth-order valence-corrected chi connectivity index (χ4v) is 5.86. The van der Waals surface area contributed by atoms with Crippen LogP contribution in [0.3, 0.4) is 0 Å². The highest BCUT2D eigenvalue weighted by atomic mass is 16.5. The number of piperidine rings is 1. The van der Waals surface area contributed by atoms with Gasteiger partial charge in [-0.3, -0.25) is 14.4 Å². The summed E-state index contributed by atoms with van der Waals surface area (Å²) in [5, 5.41) is 0. The second-order valence-corrected chi connectivity index (χ2v) is 10.5. The van der Waals surface area contributed by atoms with Crippen LogP contribution < -0.4 is 4.90 Å². The Morgan fingerprint density at radius 1 is 0.895 bits per heavy atom. The van der Waals surface area contributed by atoms with Crippen LogP contribution in [0.25, 0.3) is 0 Å². The third-order valence-electron chi connectivity index (χ3n) is 8.17. The Balaban J connectivity index is 1.30. The summed E-state index contributed by atoms with van der Waals surface area (Å²) in [6.45, 7) is 5.79. The summed E-state index contributed by atoms with van der Waals surface area (Å²) >= 11 is 0. The standard InChI is InChI=1S/C30H38N4O4/c1-2-3-7-24-10-12-25(13-11-24)28(36)32-16-14-30(15-17-32)29(37)33(22-27(35)31-18-20-38-21-19-31)23-34(30)26-8-5-4-6-9-26/h4-6,8-13H,2-3,7,14-23H2,1H3. The van der Waals surface area contributed by atoms with Crippen LogP contribution in [0, 0.1) is 0 Å². The smallest absolute Gasteiger partial charge is 0.253 e. The lowest BCUT2D eigenvalue weighted by molar-refractivity contribution is -0.143. The molecule has 0 radical (unpaired) electrons. The molecular weight excluding hydrogens is 480 g/mol. The van der Waals surface area contributed by atoms with Crippen LogP contribution in [-0.4, -0.2) is 90.6 Å². The van der Waals surface area contributed by atoms with Crippen LogP contribution >= 0.6 is 0 Å². The summed E-state index contributed by atoms with van der Waals surface area (Å²) in [5.41, 5.74) is 2.15. The largest absolute Gasteiger partial charge is 0.378 e. The minimum absolute atomic E-state index is 0.0120. The van der Waals surface area contributed by atoms with Crippen molar-refractivity contribution in [3.05, 3.63) is 65.7 Å². The summed E-state index contributed by atoms with van der Waals surface area (Å²) < 4.78 is 5.37. The predicted molar refractivity (Wildman–Crippen MR) is 146 cm³/mol. The van der Waals surface area contributed by atoms with E-state index >= 15 is 0 Å². The van der Waals surface area contributed by atoms with E-state index < -0.39 is 5.54 Å². The number of anilines is 1. The Hall–Kier alpha value is -3.39. The van der Waals surface area contributed by atoms with Gasteiger partial charge in [-0.2, -0.15) is 0 Å². The highest BCUT2D eigenvalue weighted by molar-refractivity contribution is 5.97. The molecule has 0 unspecified atom stereocenters. The molecular formula is C30H38N4O4. The molecule has 202 valence electrons. The maximum Gasteiger partial charge on any atom is 0.253 e. The van der Waals surface area contributed by atoms with Crippen LogP contribution in [0.5, 0.6) is 0 Å². The molecule has 8 heteroatoms. The number of hydrogen-bond donors (Lipinski definition) is 0. The molecule has 0 aliphatic carbocycles. The van der Waals surface area contributed by atoms with Crippen molar-refractivity contribution < 1.29 is 19.1 Å². The first-order chi connectivity index (χ1) is 18.5. The number of rotatable bonds is 7. The molecule has 0 aromatic heterocycles. The van der Waals surface area contributed by atoms with Gasteiger partial charge in [0.25, 0.3) is 11.8 Å². The number of ether oxygens (including phenoxy) is 1. The number of amides is 3. The first kappa shape index (κ1) is 26.2. The Bertz CT molecular complexity index is 1120. The third kappa shape index (κ3) is 5.27. The average molecular weight is 519 g/mol. The van der Waals surface area contributed by atoms with E-state index in [9.17, 15) is 14.4 Å². The number of nitrogens with zero attached hydrogens (tertiary/aromatic N) is 4. The summed E-state index contributed by atoms with van der Waals surface area (Å²) in [6, 6.07) is 17.9. The van der Waals surface area contributed by atoms with Crippen molar-refractivity contribution in [2.24, 2.45) is 0 Å². The van der Waals surface area contributed by atoms with Crippen molar-refractivity contribution in [2.75, 3.05) is 57.5 Å². The van der Waals surface area contributed by atoms with Gasteiger partial charge in [0.1, 0.15) is 12.1 Å². The first-order valence-electron chi connectivity index (χ1n) is 13.9. The highest BCUT2D eigenvalue weighted by Gasteiger charge is 2.54. The molecule has 0 saturated carbocycles. The van der Waals surface area contributed by atoms with Crippen molar-refractivity contribution in [2.45, 2.75) is 44.6 Å². The Morgan fingerprint density at radius 2 is 1.58 bits per heavy atom. The lowest BCUT2D eigenvalue weighted by atomic mass is 9.85. The zero-order valence-corrected chi connectivity index (χ0v) is 22.3. The van der Waals surface area contributed by atoms with E-state index in [0.29, 0.717) is 64.5 Å². The van der Waals surface area contributed by atoms with Crippen LogP contribution in [0.15, 0.2) is 54.6 Å². The number of carbonyl (C=O) groups excluding carboxylic acids is 3. The van der Waals surface area contributed by atoms with Crippen LogP contribution in [0.2, 0.25) is 0 Å². The molecule has 0 N–H and O–H groups in total. The minimum Gasteiger partial charge on any atom is -0.378 e. The number of benzene rings is 2. The average Bonchev–Trinajstić information content (AvgIpc) is 3.23. The van der Waals surface area contributed by atoms with E-state index in [4.69, 9.17) is 4.74 Å². The first-order valence-corrected chi connectivity index (χ1v) is 13.9. The number of likely N-dealkylation sites (tertiary alicyclic amines) is 1. The predicted octanol–water partition coefficient (Wildman–Crippen LogP) is 3.17. The second-order valence-electron chi connectivity index (χ2n) is 10.5. The van der Waals surface area contributed by atoms with E-state index in [0.717, 1.165) is 24.9 Å². The van der Waals surface area contributed by atoms with Crippen molar-refractivity contribution in [1.29, 1.82) is 0 Å². The van der Waals surface area contributed by atoms with E-state index in [2.05, 4.69) is 24.0 Å². The molecule has 3 fully saturated rings. The molecule has 5 rings (SSSR count). The number of unbranched alkanes of at least 4 members (excludes halogenated alkanes) is 1. The van der Waals surface area contributed by atoms with Gasteiger partial charge in [0.15, 0.2) is 0 Å². The Kier molecular flexibility index (Phi) is 7.98. The highest BCUT2D eigenvalue weighted by Crippen LogP contribution is 2.39. The van der Waals surface area contributed by atoms with E-state index in [1.54, 1.807) is 9.80 Å². The molecule has 3 heterocycles. The molecule has 3 aliphatic heterocycles. The van der Waals surface area contributed by atoms with Gasteiger partial charge in [-0.25, -0.2) is 0 Å². The molecule has 2 aromatic rings. The van der Waals surface area contributed by atoms with Crippen molar-refractivity contribution in [3.63, 3.8) is 0 Å². The van der Waals surface area contributed by atoms with Gasteiger partial charge in [-0.15, -0.1) is 0 Å². The molecule has 3 aliphatic rings. The van der Waals surface area contributed by atoms with Crippen LogP contribution in [0.1, 0.15) is 48.5 Å². The quantitative estimate of drug-likeness (QED) is 0.563. The van der Waals surface area contributed by atoms with Crippen molar-refractivity contribution >= 4 is 23.4 Å². The zero-order valence-electron chi connectivity index (χ0n) is 22.3. The molecule has 8 nitrogen and oxygen atoms in total. The summed E-state index contributed by atoms with van der Waals surface area (Å²) in [6.07, 6.45) is 4.38. The summed E-state index contributed by atoms with van der Waals surface area (Å²) in [4.78, 5) is 47.7. The molecule has 0 atom stereocenters. The van der Waals surface area contributed by atoms with Gasteiger partial charge in [-0.05, 0) is 55.5 Å². The summed E-state index contributed by atoms with van der Waals surface area (Å²) in [5.74, 6) is -0.0463. The monoisotopic (exact) mass is 518 g/mol. The van der Waals surface area contributed by atoms with Crippen molar-refractivity contribution in [1.82, 2.24) is 14.7 Å². The SMILES string of the molecule is CCCCc1ccc(C(=O)N2CCC3(CC2)C(=O)N(CC(=O)N2CCOCC2)CN3c2ccccc2)cc1. The molecule has 1 spiro atoms. The third-order valence-corrected chi connectivity index (χ3v) is 8.17. The molecule has 2 aromatic carbocycles. The minimum atomic E-state index is -0.757.